The molecule has 5 atom stereocenters. The lowest BCUT2D eigenvalue weighted by atomic mass is 9.96. The summed E-state index contributed by atoms with van der Waals surface area (Å²) in [6.45, 7) is 7.62. The summed E-state index contributed by atoms with van der Waals surface area (Å²) in [7, 11) is -3.84. The van der Waals surface area contributed by atoms with Crippen molar-refractivity contribution >= 4 is 33.8 Å². The monoisotopic (exact) mass is 600 g/mol. The van der Waals surface area contributed by atoms with E-state index in [2.05, 4.69) is 28.5 Å². The minimum absolute atomic E-state index is 0.185. The van der Waals surface area contributed by atoms with Gasteiger partial charge in [-0.25, -0.2) is 13.2 Å². The quantitative estimate of drug-likeness (QED) is 0.178. The number of amides is 4. The number of hydrogen-bond donors (Lipinski definition) is 4. The number of nitrogens with zero attached hydrogens (tertiary/aromatic N) is 1. The first-order valence-corrected chi connectivity index (χ1v) is 16.0. The molecule has 0 radical (unpaired) electrons. The second-order valence-corrected chi connectivity index (χ2v) is 13.4. The molecule has 2 aliphatic carbocycles. The smallest absolute Gasteiger partial charge is 0.405 e. The number of rotatable bonds is 15. The summed E-state index contributed by atoms with van der Waals surface area (Å²) in [5, 5.41) is 13.9. The lowest BCUT2D eigenvalue weighted by Gasteiger charge is -2.29. The second-order valence-electron chi connectivity index (χ2n) is 11.5. The molecule has 4 N–H and O–H groups in total. The van der Waals surface area contributed by atoms with Gasteiger partial charge in [-0.2, -0.15) is 0 Å². The van der Waals surface area contributed by atoms with E-state index in [0.717, 1.165) is 24.8 Å². The SMILES string of the molecule is C=CCCCCC[C@H](NC(=O)O)C(=O)N1C[C@H](c2ccccc2)C[C@H]1C(=O)NC1(C(=O)NS(=O)(=O)C2CC2)CC1C=C. The lowest BCUT2D eigenvalue weighted by Crippen LogP contribution is -2.58. The van der Waals surface area contributed by atoms with Crippen molar-refractivity contribution < 1.29 is 32.7 Å². The van der Waals surface area contributed by atoms with E-state index in [1.54, 1.807) is 6.08 Å². The van der Waals surface area contributed by atoms with Crippen molar-refractivity contribution in [2.75, 3.05) is 6.54 Å². The Labute approximate surface area is 246 Å². The van der Waals surface area contributed by atoms with E-state index < -0.39 is 62.6 Å². The standard InChI is InChI=1S/C30H40N4O7S/c1-3-5-6-7-11-14-24(31-29(38)39)27(36)34-19-21(20-12-9-8-10-13-20)17-25(34)26(35)32-30(18-22(30)4-2)28(37)33-42(40,41)23-15-16-23/h3-4,8-10,12-13,21-25,31H,1-2,5-7,11,14-19H2,(H,32,35)(H,33,37)(H,38,39)/t21-,22?,24+,25+,30?/m1/s1. The Morgan fingerprint density at radius 2 is 1.81 bits per heavy atom. The summed E-state index contributed by atoms with van der Waals surface area (Å²) in [5.41, 5.74) is -0.555. The number of allylic oxidation sites excluding steroid dienone is 1. The number of carbonyl (C=O) groups is 4. The Kier molecular flexibility index (Phi) is 9.75. The van der Waals surface area contributed by atoms with E-state index in [1.165, 1.54) is 11.0 Å². The number of sulfonamides is 1. The van der Waals surface area contributed by atoms with Crippen molar-refractivity contribution in [2.45, 2.75) is 86.6 Å². The zero-order valence-electron chi connectivity index (χ0n) is 23.7. The summed E-state index contributed by atoms with van der Waals surface area (Å²) in [6, 6.07) is 7.39. The van der Waals surface area contributed by atoms with Crippen LogP contribution in [0.3, 0.4) is 0 Å². The summed E-state index contributed by atoms with van der Waals surface area (Å²) in [6.07, 6.45) is 6.74. The Hall–Kier alpha value is -3.67. The fourth-order valence-corrected chi connectivity index (χ4v) is 7.10. The average molecular weight is 601 g/mol. The van der Waals surface area contributed by atoms with Crippen LogP contribution < -0.4 is 15.4 Å². The molecule has 228 valence electrons. The minimum Gasteiger partial charge on any atom is -0.465 e. The molecule has 3 aliphatic rings. The maximum Gasteiger partial charge on any atom is 0.405 e. The van der Waals surface area contributed by atoms with E-state index in [4.69, 9.17) is 0 Å². The number of benzene rings is 1. The predicted molar refractivity (Wildman–Crippen MR) is 157 cm³/mol. The third kappa shape index (κ3) is 7.21. The van der Waals surface area contributed by atoms with Crippen LogP contribution >= 0.6 is 0 Å². The van der Waals surface area contributed by atoms with Gasteiger partial charge in [-0.05, 0) is 50.5 Å². The van der Waals surface area contributed by atoms with Crippen LogP contribution in [0.1, 0.15) is 69.3 Å². The highest BCUT2D eigenvalue weighted by atomic mass is 32.2. The molecule has 1 aromatic carbocycles. The summed E-state index contributed by atoms with van der Waals surface area (Å²) < 4.78 is 27.1. The Bertz CT molecular complexity index is 1310. The van der Waals surface area contributed by atoms with Gasteiger partial charge >= 0.3 is 6.09 Å². The Balaban J connectivity index is 1.55. The normalized spacial score (nSPS) is 25.6. The van der Waals surface area contributed by atoms with E-state index >= 15 is 0 Å². The van der Waals surface area contributed by atoms with Crippen LogP contribution in [0.25, 0.3) is 0 Å². The highest BCUT2D eigenvalue weighted by molar-refractivity contribution is 7.91. The minimum atomic E-state index is -3.84. The number of hydrogen-bond acceptors (Lipinski definition) is 6. The zero-order valence-corrected chi connectivity index (χ0v) is 24.5. The number of unbranched alkanes of at least 4 members (excludes halogenated alkanes) is 3. The van der Waals surface area contributed by atoms with Gasteiger partial charge in [-0.3, -0.25) is 19.1 Å². The Morgan fingerprint density at radius 3 is 2.40 bits per heavy atom. The number of carbonyl (C=O) groups excluding carboxylic acids is 3. The van der Waals surface area contributed by atoms with Gasteiger partial charge in [-0.1, -0.05) is 55.3 Å². The molecule has 1 saturated heterocycles. The van der Waals surface area contributed by atoms with Crippen molar-refractivity contribution in [1.29, 1.82) is 0 Å². The van der Waals surface area contributed by atoms with Gasteiger partial charge in [-0.15, -0.1) is 13.2 Å². The van der Waals surface area contributed by atoms with E-state index in [1.807, 2.05) is 30.3 Å². The molecule has 12 heteroatoms. The first-order valence-electron chi connectivity index (χ1n) is 14.5. The molecule has 2 unspecified atom stereocenters. The van der Waals surface area contributed by atoms with Crippen molar-refractivity contribution in [3.8, 4) is 0 Å². The highest BCUT2D eigenvalue weighted by Crippen LogP contribution is 2.46. The lowest BCUT2D eigenvalue weighted by molar-refractivity contribution is -0.141. The van der Waals surface area contributed by atoms with Crippen LogP contribution in [-0.2, 0) is 24.4 Å². The van der Waals surface area contributed by atoms with Gasteiger partial charge in [0.1, 0.15) is 17.6 Å². The molecular formula is C30H40N4O7S. The first kappa shape index (κ1) is 31.3. The van der Waals surface area contributed by atoms with Crippen LogP contribution in [0.2, 0.25) is 0 Å². The van der Waals surface area contributed by atoms with Gasteiger partial charge in [0.05, 0.1) is 5.25 Å². The van der Waals surface area contributed by atoms with Gasteiger partial charge in [0.15, 0.2) is 0 Å². The maximum atomic E-state index is 13.8. The van der Waals surface area contributed by atoms with Crippen LogP contribution in [0.15, 0.2) is 55.6 Å². The van der Waals surface area contributed by atoms with E-state index in [-0.39, 0.29) is 31.7 Å². The highest BCUT2D eigenvalue weighted by Gasteiger charge is 2.62. The number of nitrogens with one attached hydrogen (secondary N) is 3. The van der Waals surface area contributed by atoms with Crippen LogP contribution in [-0.4, -0.2) is 71.7 Å². The molecule has 0 aromatic heterocycles. The van der Waals surface area contributed by atoms with Gasteiger partial charge in [0.2, 0.25) is 21.8 Å². The molecule has 1 heterocycles. The van der Waals surface area contributed by atoms with Crippen molar-refractivity contribution in [1.82, 2.24) is 20.3 Å². The molecule has 0 bridgehead atoms. The fourth-order valence-electron chi connectivity index (χ4n) is 5.73. The molecule has 0 spiro atoms. The van der Waals surface area contributed by atoms with Crippen molar-refractivity contribution in [3.63, 3.8) is 0 Å². The molecule has 4 rings (SSSR count). The molecular weight excluding hydrogens is 560 g/mol. The topological polar surface area (TPSA) is 162 Å². The van der Waals surface area contributed by atoms with Gasteiger partial charge in [0.25, 0.3) is 5.91 Å². The third-order valence-corrected chi connectivity index (χ3v) is 10.2. The zero-order chi connectivity index (χ0) is 30.5. The first-order chi connectivity index (χ1) is 20.0. The van der Waals surface area contributed by atoms with Crippen molar-refractivity contribution in [3.05, 3.63) is 61.2 Å². The predicted octanol–water partition coefficient (Wildman–Crippen LogP) is 2.81. The van der Waals surface area contributed by atoms with E-state index in [0.29, 0.717) is 19.3 Å². The molecule has 1 aliphatic heterocycles. The summed E-state index contributed by atoms with van der Waals surface area (Å²) >= 11 is 0. The largest absolute Gasteiger partial charge is 0.465 e. The molecule has 3 fully saturated rings. The van der Waals surface area contributed by atoms with Gasteiger partial charge < -0.3 is 20.6 Å². The van der Waals surface area contributed by atoms with Crippen LogP contribution in [0.5, 0.6) is 0 Å². The maximum absolute atomic E-state index is 13.8. The fraction of sp³-hybridized carbons (Fsp3) is 0.533. The van der Waals surface area contributed by atoms with E-state index in [9.17, 15) is 32.7 Å². The van der Waals surface area contributed by atoms with Crippen LogP contribution in [0.4, 0.5) is 4.79 Å². The van der Waals surface area contributed by atoms with Crippen LogP contribution in [0, 0.1) is 5.92 Å². The molecule has 1 aromatic rings. The molecule has 4 amide bonds. The van der Waals surface area contributed by atoms with Gasteiger partial charge in [0, 0.05) is 18.4 Å². The molecule has 42 heavy (non-hydrogen) atoms. The second kappa shape index (κ2) is 13.1. The average Bonchev–Trinajstić information content (AvgIpc) is 3.88. The number of likely N-dealkylation sites (tertiary alicyclic amines) is 1. The Morgan fingerprint density at radius 1 is 1.10 bits per heavy atom. The molecule has 11 nitrogen and oxygen atoms in total. The summed E-state index contributed by atoms with van der Waals surface area (Å²) in [4.78, 5) is 53.9. The summed E-state index contributed by atoms with van der Waals surface area (Å²) in [5.74, 6) is -2.58. The third-order valence-electron chi connectivity index (χ3n) is 8.40. The molecule has 2 saturated carbocycles. The van der Waals surface area contributed by atoms with Crippen molar-refractivity contribution in [2.24, 2.45) is 5.92 Å². The number of carboxylic acid groups (broad SMARTS) is 1.